The van der Waals surface area contributed by atoms with Gasteiger partial charge in [-0.25, -0.2) is 4.99 Å². The van der Waals surface area contributed by atoms with E-state index >= 15 is 0 Å². The first-order valence-corrected chi connectivity index (χ1v) is 11.4. The number of fused-ring (bicyclic) bond motifs is 1. The van der Waals surface area contributed by atoms with Gasteiger partial charge in [0.2, 0.25) is 0 Å². The zero-order valence-electron chi connectivity index (χ0n) is 19.1. The van der Waals surface area contributed by atoms with Gasteiger partial charge in [0.05, 0.1) is 13.2 Å². The van der Waals surface area contributed by atoms with Crippen molar-refractivity contribution in [3.63, 3.8) is 0 Å². The molecule has 1 saturated heterocycles. The van der Waals surface area contributed by atoms with E-state index in [-0.39, 0.29) is 0 Å². The Bertz CT molecular complexity index is 1020. The number of nitrogens with one attached hydrogen (secondary N) is 2. The maximum absolute atomic E-state index is 5.44. The van der Waals surface area contributed by atoms with Crippen LogP contribution in [0.2, 0.25) is 0 Å². The molecule has 172 valence electrons. The van der Waals surface area contributed by atoms with Crippen LogP contribution in [0.5, 0.6) is 0 Å². The van der Waals surface area contributed by atoms with Gasteiger partial charge in [0, 0.05) is 58.0 Å². The lowest BCUT2D eigenvalue weighted by atomic mass is 10.2. The van der Waals surface area contributed by atoms with Gasteiger partial charge in [-0.3, -0.25) is 4.90 Å². The summed E-state index contributed by atoms with van der Waals surface area (Å²) < 4.78 is 9.72. The molecule has 1 fully saturated rings. The highest BCUT2D eigenvalue weighted by Gasteiger charge is 2.10. The number of aliphatic imine (C=N–C) groups is 1. The minimum atomic E-state index is 0.493. The average molecular weight is 439 g/mol. The number of hydrogen-bond acceptors (Lipinski definition) is 5. The monoisotopic (exact) mass is 438 g/mol. The third-order valence-electron chi connectivity index (χ3n) is 5.93. The second-order valence-corrected chi connectivity index (χ2v) is 8.12. The Labute approximate surface area is 189 Å². The van der Waals surface area contributed by atoms with Crippen LogP contribution in [0.4, 0.5) is 0 Å². The fraction of sp³-hybridized carbons (Fsp3) is 0.522. The summed E-state index contributed by atoms with van der Waals surface area (Å²) >= 11 is 0. The Morgan fingerprint density at radius 2 is 1.88 bits per heavy atom. The number of guanidine groups is 1. The molecule has 2 aromatic heterocycles. The number of ether oxygens (including phenoxy) is 1. The Hall–Kier alpha value is -2.91. The normalized spacial score (nSPS) is 15.4. The molecule has 0 unspecified atom stereocenters. The van der Waals surface area contributed by atoms with Crippen LogP contribution < -0.4 is 10.6 Å². The van der Waals surface area contributed by atoms with Gasteiger partial charge in [-0.1, -0.05) is 18.2 Å². The van der Waals surface area contributed by atoms with Crippen LogP contribution in [-0.4, -0.2) is 76.1 Å². The predicted molar refractivity (Wildman–Crippen MR) is 127 cm³/mol. The Balaban J connectivity index is 1.30. The first-order valence-electron chi connectivity index (χ1n) is 11.4. The smallest absolute Gasteiger partial charge is 0.191 e. The highest BCUT2D eigenvalue weighted by molar-refractivity contribution is 5.80. The van der Waals surface area contributed by atoms with Gasteiger partial charge in [-0.2, -0.15) is 0 Å². The molecular weight excluding hydrogens is 404 g/mol. The summed E-state index contributed by atoms with van der Waals surface area (Å²) in [5, 5.41) is 16.6. The fourth-order valence-corrected chi connectivity index (χ4v) is 3.86. The minimum absolute atomic E-state index is 0.493. The number of aryl methyl sites for hydroxylation is 2. The van der Waals surface area contributed by atoms with Gasteiger partial charge >= 0.3 is 0 Å². The highest BCUT2D eigenvalue weighted by Crippen LogP contribution is 2.15. The quantitative estimate of drug-likeness (QED) is 0.300. The van der Waals surface area contributed by atoms with Crippen LogP contribution in [0.3, 0.4) is 0 Å². The number of nitrogens with zero attached hydrogens (tertiary/aromatic N) is 6. The lowest BCUT2D eigenvalue weighted by molar-refractivity contribution is 0.0389. The van der Waals surface area contributed by atoms with Crippen molar-refractivity contribution in [1.82, 2.24) is 34.9 Å². The van der Waals surface area contributed by atoms with Crippen LogP contribution in [0.15, 0.2) is 41.5 Å². The van der Waals surface area contributed by atoms with Crippen molar-refractivity contribution >= 4 is 16.9 Å². The zero-order valence-corrected chi connectivity index (χ0v) is 19.1. The zero-order chi connectivity index (χ0) is 22.2. The van der Waals surface area contributed by atoms with Gasteiger partial charge in [-0.15, -0.1) is 10.2 Å². The SMILES string of the molecule is Cc1nnc(CN=C(NCCCn2ccc3ccccc32)NCCN2CCOCC2)n1C. The number of para-hydroxylation sites is 1. The van der Waals surface area contributed by atoms with E-state index in [1.165, 1.54) is 10.9 Å². The molecule has 3 aromatic rings. The van der Waals surface area contributed by atoms with Crippen LogP contribution in [0.25, 0.3) is 10.9 Å². The third kappa shape index (κ3) is 5.86. The molecule has 3 heterocycles. The molecule has 0 bridgehead atoms. The van der Waals surface area contributed by atoms with E-state index in [2.05, 4.69) is 66.8 Å². The van der Waals surface area contributed by atoms with Gasteiger partial charge in [0.1, 0.15) is 12.4 Å². The van der Waals surface area contributed by atoms with Crippen molar-refractivity contribution in [2.75, 3.05) is 45.9 Å². The Kier molecular flexibility index (Phi) is 7.73. The topological polar surface area (TPSA) is 84.5 Å². The van der Waals surface area contributed by atoms with Crippen LogP contribution in [-0.2, 0) is 24.9 Å². The lowest BCUT2D eigenvalue weighted by Gasteiger charge is -2.26. The molecule has 0 spiro atoms. The Morgan fingerprint density at radius 3 is 2.69 bits per heavy atom. The Morgan fingerprint density at radius 1 is 1.06 bits per heavy atom. The molecule has 2 N–H and O–H groups in total. The first kappa shape index (κ1) is 22.3. The molecule has 0 saturated carbocycles. The molecule has 9 nitrogen and oxygen atoms in total. The predicted octanol–water partition coefficient (Wildman–Crippen LogP) is 1.54. The third-order valence-corrected chi connectivity index (χ3v) is 5.93. The molecule has 1 aliphatic rings. The molecule has 1 aliphatic heterocycles. The molecule has 1 aromatic carbocycles. The highest BCUT2D eigenvalue weighted by atomic mass is 16.5. The van der Waals surface area contributed by atoms with Gasteiger partial charge in [-0.05, 0) is 30.9 Å². The second-order valence-electron chi connectivity index (χ2n) is 8.12. The van der Waals surface area contributed by atoms with E-state index in [4.69, 9.17) is 9.73 Å². The molecule has 0 aliphatic carbocycles. The summed E-state index contributed by atoms with van der Waals surface area (Å²) in [5.41, 5.74) is 1.28. The van der Waals surface area contributed by atoms with Crippen LogP contribution in [0, 0.1) is 6.92 Å². The van der Waals surface area contributed by atoms with E-state index < -0.39 is 0 Å². The van der Waals surface area contributed by atoms with Gasteiger partial charge in [0.15, 0.2) is 11.8 Å². The summed E-state index contributed by atoms with van der Waals surface area (Å²) in [6.07, 6.45) is 3.17. The van der Waals surface area contributed by atoms with E-state index in [9.17, 15) is 0 Å². The number of hydrogen-bond donors (Lipinski definition) is 2. The van der Waals surface area contributed by atoms with Crippen molar-refractivity contribution in [2.45, 2.75) is 26.4 Å². The fourth-order valence-electron chi connectivity index (χ4n) is 3.86. The number of benzene rings is 1. The van der Waals surface area contributed by atoms with Crippen LogP contribution >= 0.6 is 0 Å². The van der Waals surface area contributed by atoms with Gasteiger partial charge in [0.25, 0.3) is 0 Å². The van der Waals surface area contributed by atoms with Crippen molar-refractivity contribution < 1.29 is 4.74 Å². The lowest BCUT2D eigenvalue weighted by Crippen LogP contribution is -2.44. The van der Waals surface area contributed by atoms with E-state index in [0.717, 1.165) is 76.5 Å². The molecule has 32 heavy (non-hydrogen) atoms. The molecule has 0 amide bonds. The molecule has 0 radical (unpaired) electrons. The largest absolute Gasteiger partial charge is 0.379 e. The van der Waals surface area contributed by atoms with E-state index in [0.29, 0.717) is 6.54 Å². The summed E-state index contributed by atoms with van der Waals surface area (Å²) in [6, 6.07) is 10.7. The van der Waals surface area contributed by atoms with Crippen molar-refractivity contribution in [3.05, 3.63) is 48.2 Å². The summed E-state index contributed by atoms with van der Waals surface area (Å²) in [4.78, 5) is 7.17. The molecular formula is C23H34N8O. The standard InChI is InChI=1S/C23H34N8O/c1-19-27-28-22(29(19)2)18-26-23(25-10-13-30-14-16-32-17-15-30)24-9-5-11-31-12-8-20-6-3-4-7-21(20)31/h3-4,6-8,12H,5,9-11,13-18H2,1-2H3,(H2,24,25,26). The maximum atomic E-state index is 5.44. The summed E-state index contributed by atoms with van der Waals surface area (Å²) in [7, 11) is 1.97. The number of morpholine rings is 1. The van der Waals surface area contributed by atoms with Gasteiger partial charge < -0.3 is 24.5 Å². The van der Waals surface area contributed by atoms with Crippen LogP contribution in [0.1, 0.15) is 18.1 Å². The summed E-state index contributed by atoms with van der Waals surface area (Å²) in [6.45, 7) is 9.68. The average Bonchev–Trinajstić information content (AvgIpc) is 3.38. The van der Waals surface area contributed by atoms with E-state index in [1.54, 1.807) is 0 Å². The van der Waals surface area contributed by atoms with Crippen molar-refractivity contribution in [3.8, 4) is 0 Å². The minimum Gasteiger partial charge on any atom is -0.379 e. The maximum Gasteiger partial charge on any atom is 0.191 e. The second kappa shape index (κ2) is 11.1. The number of rotatable bonds is 9. The van der Waals surface area contributed by atoms with Crippen molar-refractivity contribution in [1.29, 1.82) is 0 Å². The molecule has 0 atom stereocenters. The molecule has 9 heteroatoms. The first-order chi connectivity index (χ1) is 15.7. The van der Waals surface area contributed by atoms with E-state index in [1.807, 2.05) is 18.5 Å². The number of aromatic nitrogens is 4. The van der Waals surface area contributed by atoms with Crippen molar-refractivity contribution in [2.24, 2.45) is 12.0 Å². The summed E-state index contributed by atoms with van der Waals surface area (Å²) in [5.74, 6) is 2.57. The molecule has 4 rings (SSSR count).